The van der Waals surface area contributed by atoms with Crippen molar-refractivity contribution in [3.63, 3.8) is 0 Å². The van der Waals surface area contributed by atoms with Crippen LogP contribution in [0.25, 0.3) is 17.0 Å². The Kier molecular flexibility index (Phi) is 4.81. The van der Waals surface area contributed by atoms with Gasteiger partial charge in [0.2, 0.25) is 5.91 Å². The average molecular weight is 377 g/mol. The van der Waals surface area contributed by atoms with Gasteiger partial charge in [0.05, 0.1) is 5.69 Å². The molecule has 1 aromatic carbocycles. The lowest BCUT2D eigenvalue weighted by atomic mass is 10.1. The van der Waals surface area contributed by atoms with Crippen LogP contribution in [-0.2, 0) is 4.79 Å². The standard InChI is InChI=1S/C21H23N5O2/c1-3-13(2)22-20(27)15-6-4-14(5-7-15)19-25-24-18-11-10-17(12-26(18)19)23-21(28)16-8-9-16/h4-7,10-13,16H,3,8-9H2,1-2H3,(H,22,27)(H,23,28)/t13-/m1/s1. The lowest BCUT2D eigenvalue weighted by Crippen LogP contribution is -2.31. The summed E-state index contributed by atoms with van der Waals surface area (Å²) in [5.74, 6) is 0.777. The Hall–Kier alpha value is -3.22. The van der Waals surface area contributed by atoms with Gasteiger partial charge >= 0.3 is 0 Å². The molecule has 0 bridgehead atoms. The maximum Gasteiger partial charge on any atom is 0.251 e. The van der Waals surface area contributed by atoms with E-state index < -0.39 is 0 Å². The summed E-state index contributed by atoms with van der Waals surface area (Å²) in [7, 11) is 0. The van der Waals surface area contributed by atoms with Crippen molar-refractivity contribution in [2.75, 3.05) is 5.32 Å². The molecule has 2 amide bonds. The molecule has 2 N–H and O–H groups in total. The number of nitrogens with one attached hydrogen (secondary N) is 2. The van der Waals surface area contributed by atoms with E-state index in [1.807, 2.05) is 48.7 Å². The summed E-state index contributed by atoms with van der Waals surface area (Å²) >= 11 is 0. The van der Waals surface area contributed by atoms with E-state index in [1.165, 1.54) is 0 Å². The van der Waals surface area contributed by atoms with Gasteiger partial charge in [-0.05, 0) is 50.5 Å². The van der Waals surface area contributed by atoms with Crippen molar-refractivity contribution in [3.8, 4) is 11.4 Å². The molecule has 1 atom stereocenters. The molecule has 1 fully saturated rings. The van der Waals surface area contributed by atoms with Crippen molar-refractivity contribution in [1.29, 1.82) is 0 Å². The van der Waals surface area contributed by atoms with E-state index >= 15 is 0 Å². The molecule has 0 saturated heterocycles. The van der Waals surface area contributed by atoms with Gasteiger partial charge < -0.3 is 10.6 Å². The first-order valence-corrected chi connectivity index (χ1v) is 9.62. The molecule has 0 spiro atoms. The number of pyridine rings is 1. The molecule has 3 aromatic rings. The number of benzene rings is 1. The van der Waals surface area contributed by atoms with Crippen LogP contribution in [0, 0.1) is 5.92 Å². The number of carbonyl (C=O) groups excluding carboxylic acids is 2. The van der Waals surface area contributed by atoms with Crippen molar-refractivity contribution in [2.24, 2.45) is 5.92 Å². The number of aromatic nitrogens is 3. The molecule has 2 aromatic heterocycles. The molecular weight excluding hydrogens is 354 g/mol. The highest BCUT2D eigenvalue weighted by Gasteiger charge is 2.29. The minimum absolute atomic E-state index is 0.0608. The zero-order chi connectivity index (χ0) is 19.7. The van der Waals surface area contributed by atoms with E-state index in [4.69, 9.17) is 0 Å². The zero-order valence-corrected chi connectivity index (χ0v) is 16.0. The molecule has 1 aliphatic rings. The molecule has 2 heterocycles. The Bertz CT molecular complexity index is 1020. The van der Waals surface area contributed by atoms with E-state index in [9.17, 15) is 9.59 Å². The van der Waals surface area contributed by atoms with Gasteiger partial charge in [0.1, 0.15) is 0 Å². The summed E-state index contributed by atoms with van der Waals surface area (Å²) in [6.45, 7) is 4.01. The number of hydrogen-bond donors (Lipinski definition) is 2. The molecule has 1 aliphatic carbocycles. The number of amides is 2. The summed E-state index contributed by atoms with van der Waals surface area (Å²) in [5, 5.41) is 14.4. The third-order valence-corrected chi connectivity index (χ3v) is 5.01. The fraction of sp³-hybridized carbons (Fsp3) is 0.333. The second-order valence-corrected chi connectivity index (χ2v) is 7.29. The first kappa shape index (κ1) is 18.2. The largest absolute Gasteiger partial charge is 0.350 e. The maximum absolute atomic E-state index is 12.2. The van der Waals surface area contributed by atoms with E-state index in [2.05, 4.69) is 20.8 Å². The molecule has 1 saturated carbocycles. The van der Waals surface area contributed by atoms with Gasteiger partial charge in [-0.2, -0.15) is 0 Å². The van der Waals surface area contributed by atoms with Crippen molar-refractivity contribution in [3.05, 3.63) is 48.2 Å². The lowest BCUT2D eigenvalue weighted by Gasteiger charge is -2.11. The van der Waals surface area contributed by atoms with E-state index in [1.54, 1.807) is 12.1 Å². The fourth-order valence-corrected chi connectivity index (χ4v) is 2.93. The predicted molar refractivity (Wildman–Crippen MR) is 107 cm³/mol. The van der Waals surface area contributed by atoms with E-state index in [0.717, 1.165) is 30.5 Å². The second kappa shape index (κ2) is 7.42. The van der Waals surface area contributed by atoms with Crippen LogP contribution >= 0.6 is 0 Å². The van der Waals surface area contributed by atoms with Gasteiger partial charge in [0, 0.05) is 29.3 Å². The van der Waals surface area contributed by atoms with Crippen molar-refractivity contribution >= 4 is 23.1 Å². The third kappa shape index (κ3) is 3.74. The van der Waals surface area contributed by atoms with E-state index in [-0.39, 0.29) is 23.8 Å². The number of carbonyl (C=O) groups is 2. The monoisotopic (exact) mass is 377 g/mol. The van der Waals surface area contributed by atoms with Crippen molar-refractivity contribution < 1.29 is 9.59 Å². The molecular formula is C21H23N5O2. The Morgan fingerprint density at radius 1 is 1.14 bits per heavy atom. The van der Waals surface area contributed by atoms with Crippen molar-refractivity contribution in [2.45, 2.75) is 39.2 Å². The minimum atomic E-state index is -0.0860. The van der Waals surface area contributed by atoms with Crippen LogP contribution in [0.3, 0.4) is 0 Å². The smallest absolute Gasteiger partial charge is 0.251 e. The number of fused-ring (bicyclic) bond motifs is 1. The summed E-state index contributed by atoms with van der Waals surface area (Å²) in [4.78, 5) is 24.3. The van der Waals surface area contributed by atoms with Gasteiger partial charge in [-0.1, -0.05) is 19.1 Å². The SMILES string of the molecule is CC[C@@H](C)NC(=O)c1ccc(-c2nnc3ccc(NC(=O)C4CC4)cn23)cc1. The van der Waals surface area contributed by atoms with Gasteiger partial charge in [0.15, 0.2) is 11.5 Å². The van der Waals surface area contributed by atoms with Crippen LogP contribution in [0.5, 0.6) is 0 Å². The molecule has 144 valence electrons. The summed E-state index contributed by atoms with van der Waals surface area (Å²) in [6.07, 6.45) is 4.63. The Morgan fingerprint density at radius 2 is 1.89 bits per heavy atom. The van der Waals surface area contributed by atoms with Crippen LogP contribution in [0.1, 0.15) is 43.5 Å². The zero-order valence-electron chi connectivity index (χ0n) is 16.0. The van der Waals surface area contributed by atoms with Crippen LogP contribution in [-0.4, -0.2) is 32.5 Å². The highest BCUT2D eigenvalue weighted by atomic mass is 16.2. The molecule has 28 heavy (non-hydrogen) atoms. The molecule has 7 nitrogen and oxygen atoms in total. The quantitative estimate of drug-likeness (QED) is 0.690. The summed E-state index contributed by atoms with van der Waals surface area (Å²) in [6, 6.07) is 11.1. The average Bonchev–Trinajstić information content (AvgIpc) is 3.48. The third-order valence-electron chi connectivity index (χ3n) is 5.01. The van der Waals surface area contributed by atoms with Crippen LogP contribution in [0.2, 0.25) is 0 Å². The fourth-order valence-electron chi connectivity index (χ4n) is 2.93. The molecule has 0 unspecified atom stereocenters. The predicted octanol–water partition coefficient (Wildman–Crippen LogP) is 3.27. The van der Waals surface area contributed by atoms with Crippen LogP contribution in [0.4, 0.5) is 5.69 Å². The van der Waals surface area contributed by atoms with Crippen LogP contribution in [0.15, 0.2) is 42.6 Å². The van der Waals surface area contributed by atoms with Gasteiger partial charge in [0.25, 0.3) is 5.91 Å². The second-order valence-electron chi connectivity index (χ2n) is 7.29. The highest BCUT2D eigenvalue weighted by Crippen LogP contribution is 2.30. The first-order valence-electron chi connectivity index (χ1n) is 9.62. The molecule has 0 radical (unpaired) electrons. The minimum Gasteiger partial charge on any atom is -0.350 e. The van der Waals surface area contributed by atoms with Gasteiger partial charge in [-0.25, -0.2) is 0 Å². The van der Waals surface area contributed by atoms with Gasteiger partial charge in [-0.15, -0.1) is 10.2 Å². The highest BCUT2D eigenvalue weighted by molar-refractivity contribution is 5.95. The van der Waals surface area contributed by atoms with Gasteiger partial charge in [-0.3, -0.25) is 14.0 Å². The number of anilines is 1. The van der Waals surface area contributed by atoms with Crippen molar-refractivity contribution in [1.82, 2.24) is 19.9 Å². The lowest BCUT2D eigenvalue weighted by molar-refractivity contribution is -0.117. The Morgan fingerprint density at radius 3 is 2.57 bits per heavy atom. The molecule has 7 heteroatoms. The number of nitrogens with zero attached hydrogens (tertiary/aromatic N) is 3. The Balaban J connectivity index is 1.57. The number of hydrogen-bond acceptors (Lipinski definition) is 4. The summed E-state index contributed by atoms with van der Waals surface area (Å²) in [5.41, 5.74) is 2.86. The topological polar surface area (TPSA) is 88.4 Å². The molecule has 0 aliphatic heterocycles. The van der Waals surface area contributed by atoms with Crippen LogP contribution < -0.4 is 10.6 Å². The Labute approximate surface area is 163 Å². The maximum atomic E-state index is 12.2. The first-order chi connectivity index (χ1) is 13.5. The number of rotatable bonds is 6. The normalized spacial score (nSPS) is 14.6. The summed E-state index contributed by atoms with van der Waals surface area (Å²) < 4.78 is 1.84. The van der Waals surface area contributed by atoms with E-state index in [0.29, 0.717) is 17.0 Å². The molecule has 4 rings (SSSR count).